The fourth-order valence-electron chi connectivity index (χ4n) is 1.64. The Labute approximate surface area is 127 Å². The number of hydrogen-bond acceptors (Lipinski definition) is 6. The van der Waals surface area contributed by atoms with Crippen molar-refractivity contribution in [1.29, 1.82) is 5.41 Å². The maximum atomic E-state index is 11.6. The lowest BCUT2D eigenvalue weighted by atomic mass is 10.3. The van der Waals surface area contributed by atoms with E-state index in [9.17, 15) is 14.4 Å². The SMILES string of the molecule is N=C1C=CC(=O)N1CCC(=O)NCCOCCOCC(N)=O. The number of rotatable bonds is 11. The molecule has 0 aromatic heterocycles. The predicted molar refractivity (Wildman–Crippen MR) is 77.0 cm³/mol. The summed E-state index contributed by atoms with van der Waals surface area (Å²) in [5.41, 5.74) is 4.89. The zero-order chi connectivity index (χ0) is 16.4. The Kier molecular flexibility index (Phi) is 7.79. The van der Waals surface area contributed by atoms with Gasteiger partial charge in [0.25, 0.3) is 5.91 Å². The summed E-state index contributed by atoms with van der Waals surface area (Å²) in [4.78, 5) is 34.5. The van der Waals surface area contributed by atoms with Crippen molar-refractivity contribution in [3.05, 3.63) is 12.2 Å². The number of amides is 3. The standard InChI is InChI=1S/C13H20N4O5/c14-10-1-2-13(20)17(10)5-3-12(19)16-4-6-21-7-8-22-9-11(15)18/h1-2,14H,3-9H2,(H2,15,18)(H,16,19). The van der Waals surface area contributed by atoms with E-state index >= 15 is 0 Å². The third-order valence-corrected chi connectivity index (χ3v) is 2.69. The second-order valence-corrected chi connectivity index (χ2v) is 4.44. The topological polar surface area (TPSA) is 135 Å². The lowest BCUT2D eigenvalue weighted by molar-refractivity contribution is -0.125. The van der Waals surface area contributed by atoms with E-state index in [1.54, 1.807) is 0 Å². The van der Waals surface area contributed by atoms with Crippen molar-refractivity contribution >= 4 is 23.6 Å². The molecule has 0 atom stereocenters. The van der Waals surface area contributed by atoms with Gasteiger partial charge in [0.2, 0.25) is 11.8 Å². The van der Waals surface area contributed by atoms with Crippen LogP contribution < -0.4 is 11.1 Å². The van der Waals surface area contributed by atoms with Crippen LogP contribution >= 0.6 is 0 Å². The van der Waals surface area contributed by atoms with E-state index in [4.69, 9.17) is 20.6 Å². The summed E-state index contributed by atoms with van der Waals surface area (Å²) < 4.78 is 10.1. The smallest absolute Gasteiger partial charge is 0.252 e. The highest BCUT2D eigenvalue weighted by Crippen LogP contribution is 2.04. The first kappa shape index (κ1) is 17.8. The quantitative estimate of drug-likeness (QED) is 0.394. The molecule has 0 fully saturated rings. The van der Waals surface area contributed by atoms with E-state index in [1.807, 2.05) is 0 Å². The van der Waals surface area contributed by atoms with Crippen LogP contribution in [0.5, 0.6) is 0 Å². The zero-order valence-electron chi connectivity index (χ0n) is 12.2. The molecule has 0 bridgehead atoms. The molecule has 0 saturated carbocycles. The lowest BCUT2D eigenvalue weighted by Crippen LogP contribution is -2.35. The summed E-state index contributed by atoms with van der Waals surface area (Å²) in [6, 6.07) is 0. The van der Waals surface area contributed by atoms with Crippen molar-refractivity contribution in [2.24, 2.45) is 5.73 Å². The number of carbonyl (C=O) groups excluding carboxylic acids is 3. The van der Waals surface area contributed by atoms with Crippen molar-refractivity contribution < 1.29 is 23.9 Å². The molecule has 122 valence electrons. The summed E-state index contributed by atoms with van der Waals surface area (Å²) in [5.74, 6) is -0.942. The lowest BCUT2D eigenvalue weighted by Gasteiger charge is -2.15. The summed E-state index contributed by atoms with van der Waals surface area (Å²) >= 11 is 0. The molecule has 1 heterocycles. The molecule has 1 rings (SSSR count). The Hall–Kier alpha value is -2.26. The highest BCUT2D eigenvalue weighted by atomic mass is 16.5. The van der Waals surface area contributed by atoms with Gasteiger partial charge in [-0.3, -0.25) is 24.7 Å². The first-order chi connectivity index (χ1) is 10.5. The van der Waals surface area contributed by atoms with Gasteiger partial charge in [0.1, 0.15) is 12.4 Å². The first-order valence-electron chi connectivity index (χ1n) is 6.79. The van der Waals surface area contributed by atoms with E-state index < -0.39 is 5.91 Å². The fraction of sp³-hybridized carbons (Fsp3) is 0.538. The van der Waals surface area contributed by atoms with Crippen molar-refractivity contribution in [1.82, 2.24) is 10.2 Å². The molecule has 9 nitrogen and oxygen atoms in total. The van der Waals surface area contributed by atoms with Gasteiger partial charge < -0.3 is 20.5 Å². The molecule has 3 amide bonds. The average Bonchev–Trinajstić information content (AvgIpc) is 2.78. The molecule has 0 saturated heterocycles. The van der Waals surface area contributed by atoms with E-state index in [0.29, 0.717) is 19.8 Å². The van der Waals surface area contributed by atoms with Crippen LogP contribution in [0.4, 0.5) is 0 Å². The molecule has 22 heavy (non-hydrogen) atoms. The van der Waals surface area contributed by atoms with Crippen LogP contribution in [0, 0.1) is 5.41 Å². The Bertz CT molecular complexity index is 445. The van der Waals surface area contributed by atoms with E-state index in [1.165, 1.54) is 17.1 Å². The second kappa shape index (κ2) is 9.64. The first-order valence-corrected chi connectivity index (χ1v) is 6.79. The molecule has 0 aromatic rings. The minimum absolute atomic E-state index is 0.0945. The number of nitrogens with two attached hydrogens (primary N) is 1. The number of carbonyl (C=O) groups is 3. The molecular weight excluding hydrogens is 292 g/mol. The zero-order valence-corrected chi connectivity index (χ0v) is 12.2. The molecular formula is C13H20N4O5. The minimum atomic E-state index is -0.535. The second-order valence-electron chi connectivity index (χ2n) is 4.44. The van der Waals surface area contributed by atoms with Gasteiger partial charge in [-0.05, 0) is 6.08 Å². The van der Waals surface area contributed by atoms with Gasteiger partial charge in [0.05, 0.1) is 19.8 Å². The molecule has 0 aromatic carbocycles. The number of nitrogens with one attached hydrogen (secondary N) is 2. The van der Waals surface area contributed by atoms with Crippen molar-refractivity contribution in [3.63, 3.8) is 0 Å². The fourth-order valence-corrected chi connectivity index (χ4v) is 1.64. The highest BCUT2D eigenvalue weighted by Gasteiger charge is 2.20. The molecule has 1 aliphatic heterocycles. The largest absolute Gasteiger partial charge is 0.377 e. The van der Waals surface area contributed by atoms with Crippen LogP contribution in [0.15, 0.2) is 12.2 Å². The third kappa shape index (κ3) is 6.95. The van der Waals surface area contributed by atoms with Crippen LogP contribution in [0.2, 0.25) is 0 Å². The van der Waals surface area contributed by atoms with Gasteiger partial charge in [-0.1, -0.05) is 0 Å². The molecule has 0 aliphatic carbocycles. The average molecular weight is 312 g/mol. The number of amidine groups is 1. The van der Waals surface area contributed by atoms with Crippen LogP contribution in [0.25, 0.3) is 0 Å². The summed E-state index contributed by atoms with van der Waals surface area (Å²) in [6.07, 6.45) is 2.82. The van der Waals surface area contributed by atoms with Gasteiger partial charge in [-0.2, -0.15) is 0 Å². The molecule has 0 unspecified atom stereocenters. The Morgan fingerprint density at radius 3 is 2.59 bits per heavy atom. The summed E-state index contributed by atoms with van der Waals surface area (Å²) in [7, 11) is 0. The predicted octanol–water partition coefficient (Wildman–Crippen LogP) is -1.61. The van der Waals surface area contributed by atoms with Gasteiger partial charge in [0.15, 0.2) is 0 Å². The highest BCUT2D eigenvalue weighted by molar-refractivity contribution is 6.14. The van der Waals surface area contributed by atoms with Crippen molar-refractivity contribution in [3.8, 4) is 0 Å². The Morgan fingerprint density at radius 2 is 1.95 bits per heavy atom. The number of ether oxygens (including phenoxy) is 2. The maximum Gasteiger partial charge on any atom is 0.252 e. The maximum absolute atomic E-state index is 11.6. The van der Waals surface area contributed by atoms with Gasteiger partial charge in [-0.15, -0.1) is 0 Å². The summed E-state index contributed by atoms with van der Waals surface area (Å²) in [6.45, 7) is 1.23. The van der Waals surface area contributed by atoms with Gasteiger partial charge in [0, 0.05) is 25.6 Å². The monoisotopic (exact) mass is 312 g/mol. The number of primary amides is 1. The molecule has 0 radical (unpaired) electrons. The van der Waals surface area contributed by atoms with Crippen LogP contribution in [0.1, 0.15) is 6.42 Å². The third-order valence-electron chi connectivity index (χ3n) is 2.69. The van der Waals surface area contributed by atoms with E-state index in [2.05, 4.69) is 5.32 Å². The van der Waals surface area contributed by atoms with E-state index in [0.717, 1.165) is 0 Å². The Morgan fingerprint density at radius 1 is 1.23 bits per heavy atom. The van der Waals surface area contributed by atoms with Crippen molar-refractivity contribution in [2.45, 2.75) is 6.42 Å². The van der Waals surface area contributed by atoms with Crippen molar-refractivity contribution in [2.75, 3.05) is 39.5 Å². The van der Waals surface area contributed by atoms with Crippen LogP contribution in [-0.4, -0.2) is 68.0 Å². The summed E-state index contributed by atoms with van der Waals surface area (Å²) in [5, 5.41) is 10.1. The normalized spacial score (nSPS) is 13.7. The van der Waals surface area contributed by atoms with Gasteiger partial charge in [-0.25, -0.2) is 0 Å². The van der Waals surface area contributed by atoms with Gasteiger partial charge >= 0.3 is 0 Å². The molecule has 0 spiro atoms. The molecule has 9 heteroatoms. The molecule has 1 aliphatic rings. The minimum Gasteiger partial charge on any atom is -0.377 e. The Balaban J connectivity index is 1.97. The van der Waals surface area contributed by atoms with Crippen LogP contribution in [-0.2, 0) is 23.9 Å². The number of nitrogens with zero attached hydrogens (tertiary/aromatic N) is 1. The van der Waals surface area contributed by atoms with E-state index in [-0.39, 0.29) is 43.8 Å². The van der Waals surface area contributed by atoms with Crippen LogP contribution in [0.3, 0.4) is 0 Å². The number of hydrogen-bond donors (Lipinski definition) is 3. The molecule has 4 N–H and O–H groups in total.